The maximum Gasteiger partial charge on any atom is 0.416 e. The van der Waals surface area contributed by atoms with Gasteiger partial charge in [0, 0.05) is 23.7 Å². The third kappa shape index (κ3) is 4.43. The van der Waals surface area contributed by atoms with Gasteiger partial charge in [-0.05, 0) is 44.4 Å². The molecule has 3 rings (SSSR count). The zero-order valence-electron chi connectivity index (χ0n) is 14.6. The summed E-state index contributed by atoms with van der Waals surface area (Å²) in [6.07, 6.45) is -2.33. The van der Waals surface area contributed by atoms with Gasteiger partial charge in [-0.1, -0.05) is 6.07 Å². The summed E-state index contributed by atoms with van der Waals surface area (Å²) in [6, 6.07) is 5.12. The Morgan fingerprint density at radius 2 is 1.96 bits per heavy atom. The van der Waals surface area contributed by atoms with Crippen LogP contribution >= 0.6 is 0 Å². The van der Waals surface area contributed by atoms with E-state index in [1.165, 1.54) is 6.07 Å². The number of aromatic nitrogens is 2. The number of aryl methyl sites for hydroxylation is 1. The van der Waals surface area contributed by atoms with Crippen molar-refractivity contribution in [3.8, 4) is 0 Å². The monoisotopic (exact) mass is 366 g/mol. The van der Waals surface area contributed by atoms with Gasteiger partial charge in [-0.15, -0.1) is 0 Å². The molecule has 8 heteroatoms. The first kappa shape index (κ1) is 18.4. The number of nitrogens with one attached hydrogen (secondary N) is 2. The molecule has 140 valence electrons. The summed E-state index contributed by atoms with van der Waals surface area (Å²) in [5, 5.41) is 15.2. The van der Waals surface area contributed by atoms with Crippen LogP contribution in [-0.2, 0) is 6.18 Å². The highest BCUT2D eigenvalue weighted by Gasteiger charge is 2.31. The summed E-state index contributed by atoms with van der Waals surface area (Å²) < 4.78 is 38.9. The average molecular weight is 366 g/mol. The van der Waals surface area contributed by atoms with Crippen LogP contribution in [0.5, 0.6) is 0 Å². The molecule has 5 nitrogen and oxygen atoms in total. The van der Waals surface area contributed by atoms with E-state index in [1.807, 2.05) is 0 Å². The molecule has 0 spiro atoms. The zero-order chi connectivity index (χ0) is 18.9. The molecule has 0 unspecified atom stereocenters. The molecule has 2 aromatic rings. The Bertz CT molecular complexity index is 790. The minimum absolute atomic E-state index is 0.0769. The van der Waals surface area contributed by atoms with Crippen molar-refractivity contribution < 1.29 is 18.3 Å². The average Bonchev–Trinajstić information content (AvgIpc) is 3.40. The fourth-order valence-corrected chi connectivity index (χ4v) is 2.52. The van der Waals surface area contributed by atoms with Gasteiger partial charge in [0.2, 0.25) is 5.95 Å². The van der Waals surface area contributed by atoms with Crippen LogP contribution in [0.3, 0.4) is 0 Å². The molecular formula is C18H21F3N4O. The molecule has 0 saturated heterocycles. The van der Waals surface area contributed by atoms with E-state index >= 15 is 0 Å². The van der Waals surface area contributed by atoms with Gasteiger partial charge < -0.3 is 15.7 Å². The van der Waals surface area contributed by atoms with Crippen molar-refractivity contribution in [3.05, 3.63) is 41.1 Å². The fourth-order valence-electron chi connectivity index (χ4n) is 2.52. The number of anilines is 3. The highest BCUT2D eigenvalue weighted by molar-refractivity contribution is 5.63. The van der Waals surface area contributed by atoms with Crippen LogP contribution in [0.25, 0.3) is 0 Å². The fraction of sp³-hybridized carbons (Fsp3) is 0.444. The molecule has 1 saturated carbocycles. The quantitative estimate of drug-likeness (QED) is 0.714. The van der Waals surface area contributed by atoms with E-state index in [9.17, 15) is 18.3 Å². The summed E-state index contributed by atoms with van der Waals surface area (Å²) in [5.74, 6) is 1.13. The Morgan fingerprint density at radius 3 is 2.58 bits per heavy atom. The molecule has 0 aliphatic heterocycles. The van der Waals surface area contributed by atoms with E-state index < -0.39 is 11.7 Å². The Labute approximate surface area is 149 Å². The molecule has 0 amide bonds. The lowest BCUT2D eigenvalue weighted by Gasteiger charge is -2.16. The summed E-state index contributed by atoms with van der Waals surface area (Å²) in [4.78, 5) is 8.78. The third-order valence-corrected chi connectivity index (χ3v) is 4.22. The van der Waals surface area contributed by atoms with E-state index in [-0.39, 0.29) is 12.6 Å². The second-order valence-electron chi connectivity index (χ2n) is 6.66. The molecule has 0 radical (unpaired) electrons. The molecule has 1 aromatic heterocycles. The molecule has 1 atom stereocenters. The number of hydrogen-bond acceptors (Lipinski definition) is 5. The van der Waals surface area contributed by atoms with Crippen molar-refractivity contribution in [2.45, 2.75) is 44.8 Å². The second-order valence-corrected chi connectivity index (χ2v) is 6.66. The number of benzene rings is 1. The lowest BCUT2D eigenvalue weighted by molar-refractivity contribution is -0.137. The molecule has 1 aliphatic carbocycles. The van der Waals surface area contributed by atoms with Crippen molar-refractivity contribution in [2.75, 3.05) is 17.2 Å². The van der Waals surface area contributed by atoms with Gasteiger partial charge in [-0.25, -0.2) is 4.98 Å². The van der Waals surface area contributed by atoms with Crippen LogP contribution in [0.4, 0.5) is 30.6 Å². The smallest absolute Gasteiger partial charge is 0.394 e. The van der Waals surface area contributed by atoms with Crippen LogP contribution in [0.2, 0.25) is 0 Å². The predicted molar refractivity (Wildman–Crippen MR) is 93.6 cm³/mol. The predicted octanol–water partition coefficient (Wildman–Crippen LogP) is 4.22. The molecule has 0 bridgehead atoms. The Balaban J connectivity index is 1.91. The van der Waals surface area contributed by atoms with Gasteiger partial charge in [0.05, 0.1) is 17.9 Å². The first-order chi connectivity index (χ1) is 12.3. The number of rotatable bonds is 6. The van der Waals surface area contributed by atoms with Crippen molar-refractivity contribution in [1.29, 1.82) is 0 Å². The van der Waals surface area contributed by atoms with Gasteiger partial charge in [0.25, 0.3) is 0 Å². The first-order valence-corrected chi connectivity index (χ1v) is 8.47. The highest BCUT2D eigenvalue weighted by Crippen LogP contribution is 2.40. The Hall–Kier alpha value is -2.35. The minimum atomic E-state index is -4.40. The standard InChI is InChI=1S/C18H21F3N4O/c1-10-3-6-13(18(19,20)21)7-14(10)23-16-8-15(12-4-5-12)24-17(25-16)22-11(2)9-26/h3,6-8,11-12,26H,4-5,9H2,1-2H3,(H2,22,23,24,25)/t11-/m0/s1. The number of halogens is 3. The SMILES string of the molecule is Cc1ccc(C(F)(F)F)cc1Nc1cc(C2CC2)nc(N[C@@H](C)CO)n1. The maximum absolute atomic E-state index is 13.0. The summed E-state index contributed by atoms with van der Waals surface area (Å²) in [7, 11) is 0. The number of aliphatic hydroxyl groups excluding tert-OH is 1. The van der Waals surface area contributed by atoms with Crippen molar-refractivity contribution in [3.63, 3.8) is 0 Å². The van der Waals surface area contributed by atoms with Gasteiger partial charge in [0.1, 0.15) is 5.82 Å². The largest absolute Gasteiger partial charge is 0.416 e. The summed E-state index contributed by atoms with van der Waals surface area (Å²) >= 11 is 0. The normalized spacial score (nSPS) is 15.6. The van der Waals surface area contributed by atoms with Crippen molar-refractivity contribution in [1.82, 2.24) is 9.97 Å². The lowest BCUT2D eigenvalue weighted by atomic mass is 10.1. The Kier molecular flexibility index (Phi) is 5.04. The lowest BCUT2D eigenvalue weighted by Crippen LogP contribution is -2.21. The number of nitrogens with zero attached hydrogens (tertiary/aromatic N) is 2. The van der Waals surface area contributed by atoms with Crippen LogP contribution in [0, 0.1) is 6.92 Å². The van der Waals surface area contributed by atoms with Crippen molar-refractivity contribution in [2.24, 2.45) is 0 Å². The molecule has 3 N–H and O–H groups in total. The van der Waals surface area contributed by atoms with E-state index in [0.717, 1.165) is 30.7 Å². The van der Waals surface area contributed by atoms with Crippen LogP contribution in [-0.4, -0.2) is 27.7 Å². The zero-order valence-corrected chi connectivity index (χ0v) is 14.6. The van der Waals surface area contributed by atoms with Gasteiger partial charge in [0.15, 0.2) is 0 Å². The molecule has 1 aliphatic rings. The molecule has 1 fully saturated rings. The second kappa shape index (κ2) is 7.11. The van der Waals surface area contributed by atoms with Crippen molar-refractivity contribution >= 4 is 17.5 Å². The third-order valence-electron chi connectivity index (χ3n) is 4.22. The van der Waals surface area contributed by atoms with E-state index in [4.69, 9.17) is 0 Å². The summed E-state index contributed by atoms with van der Waals surface area (Å²) in [6.45, 7) is 3.45. The van der Waals surface area contributed by atoms with Crippen LogP contribution < -0.4 is 10.6 Å². The van der Waals surface area contributed by atoms with E-state index in [2.05, 4.69) is 20.6 Å². The number of hydrogen-bond donors (Lipinski definition) is 3. The Morgan fingerprint density at radius 1 is 1.23 bits per heavy atom. The highest BCUT2D eigenvalue weighted by atomic mass is 19.4. The molecule has 26 heavy (non-hydrogen) atoms. The van der Waals surface area contributed by atoms with Gasteiger partial charge >= 0.3 is 6.18 Å². The minimum Gasteiger partial charge on any atom is -0.394 e. The number of aliphatic hydroxyl groups is 1. The number of alkyl halides is 3. The van der Waals surface area contributed by atoms with Crippen LogP contribution in [0.1, 0.15) is 42.5 Å². The van der Waals surface area contributed by atoms with E-state index in [1.54, 1.807) is 19.9 Å². The van der Waals surface area contributed by atoms with Gasteiger partial charge in [-0.3, -0.25) is 0 Å². The molecular weight excluding hydrogens is 345 g/mol. The maximum atomic E-state index is 13.0. The molecule has 1 heterocycles. The molecule has 1 aromatic carbocycles. The summed E-state index contributed by atoms with van der Waals surface area (Å²) in [5.41, 5.74) is 1.17. The van der Waals surface area contributed by atoms with E-state index in [0.29, 0.717) is 28.9 Å². The van der Waals surface area contributed by atoms with Crippen LogP contribution in [0.15, 0.2) is 24.3 Å². The first-order valence-electron chi connectivity index (χ1n) is 8.47. The van der Waals surface area contributed by atoms with Gasteiger partial charge in [-0.2, -0.15) is 18.2 Å². The topological polar surface area (TPSA) is 70.1 Å².